The van der Waals surface area contributed by atoms with E-state index in [1.165, 1.54) is 4.31 Å². The molecule has 0 aliphatic carbocycles. The van der Waals surface area contributed by atoms with Gasteiger partial charge in [-0.05, 0) is 51.1 Å². The van der Waals surface area contributed by atoms with E-state index in [1.807, 2.05) is 26.0 Å². The molecule has 2 aromatic rings. The van der Waals surface area contributed by atoms with Crippen LogP contribution in [0.1, 0.15) is 26.3 Å². The van der Waals surface area contributed by atoms with Crippen molar-refractivity contribution < 1.29 is 28.5 Å². The molecule has 0 atom stereocenters. The number of amides is 1. The van der Waals surface area contributed by atoms with Gasteiger partial charge in [0.2, 0.25) is 0 Å². The van der Waals surface area contributed by atoms with E-state index in [0.29, 0.717) is 22.9 Å². The molecule has 32 heavy (non-hydrogen) atoms. The number of methoxy groups -OCH3 is 1. The third-order valence-corrected chi connectivity index (χ3v) is 5.60. The molecular formula is C23H28N2O6S. The van der Waals surface area contributed by atoms with Gasteiger partial charge in [-0.25, -0.2) is 9.10 Å². The fraction of sp³-hybridized carbons (Fsp3) is 0.391. The summed E-state index contributed by atoms with van der Waals surface area (Å²) in [7, 11) is 3.15. The summed E-state index contributed by atoms with van der Waals surface area (Å²) in [5, 5.41) is 0. The second-order valence-corrected chi connectivity index (χ2v) is 8.92. The average Bonchev–Trinajstić information content (AvgIpc) is 3.08. The van der Waals surface area contributed by atoms with E-state index in [1.54, 1.807) is 55.7 Å². The highest BCUT2D eigenvalue weighted by Crippen LogP contribution is 2.42. The molecule has 0 saturated carbocycles. The smallest absolute Gasteiger partial charge is 0.426 e. The molecular weight excluding hydrogens is 432 g/mol. The van der Waals surface area contributed by atoms with Crippen LogP contribution in [0.5, 0.6) is 17.2 Å². The Morgan fingerprint density at radius 3 is 2.53 bits per heavy atom. The lowest BCUT2D eigenvalue weighted by Crippen LogP contribution is -2.33. The third kappa shape index (κ3) is 5.79. The molecule has 8 nitrogen and oxygen atoms in total. The van der Waals surface area contributed by atoms with E-state index in [4.69, 9.17) is 18.9 Å². The topological polar surface area (TPSA) is 77.5 Å². The molecule has 1 amide bonds. The minimum Gasteiger partial charge on any atom is -0.497 e. The van der Waals surface area contributed by atoms with E-state index < -0.39 is 12.1 Å². The van der Waals surface area contributed by atoms with Crippen molar-refractivity contribution in [3.05, 3.63) is 48.0 Å². The Hall–Kier alpha value is -3.07. The predicted molar refractivity (Wildman–Crippen MR) is 123 cm³/mol. The minimum absolute atomic E-state index is 0.0551. The van der Waals surface area contributed by atoms with Crippen molar-refractivity contribution in [3.63, 3.8) is 0 Å². The number of nitrogens with zero attached hydrogens (tertiary/aromatic N) is 2. The first-order chi connectivity index (χ1) is 15.2. The molecule has 0 aromatic heterocycles. The number of anilines is 1. The van der Waals surface area contributed by atoms with Gasteiger partial charge in [0.1, 0.15) is 17.9 Å². The van der Waals surface area contributed by atoms with Crippen molar-refractivity contribution >= 4 is 29.9 Å². The molecule has 172 valence electrons. The fourth-order valence-corrected chi connectivity index (χ4v) is 4.03. The number of esters is 1. The number of benzene rings is 2. The Kier molecular flexibility index (Phi) is 7.40. The molecule has 0 fully saturated rings. The van der Waals surface area contributed by atoms with Crippen LogP contribution in [0.3, 0.4) is 0 Å². The molecule has 1 aliphatic heterocycles. The van der Waals surface area contributed by atoms with Crippen LogP contribution < -0.4 is 18.5 Å². The van der Waals surface area contributed by atoms with Gasteiger partial charge in [0.25, 0.3) is 0 Å². The number of ether oxygens (including phenoxy) is 4. The van der Waals surface area contributed by atoms with Gasteiger partial charge in [-0.15, -0.1) is 0 Å². The summed E-state index contributed by atoms with van der Waals surface area (Å²) in [6.07, 6.45) is 0.141. The quantitative estimate of drug-likeness (QED) is 0.422. The number of fused-ring (bicyclic) bond motifs is 1. The van der Waals surface area contributed by atoms with Gasteiger partial charge in [0.15, 0.2) is 11.5 Å². The number of carbonyl (C=O) groups is 2. The summed E-state index contributed by atoms with van der Waals surface area (Å²) in [6, 6.07) is 12.6. The molecule has 0 spiro atoms. The first-order valence-electron chi connectivity index (χ1n) is 10.2. The van der Waals surface area contributed by atoms with Gasteiger partial charge in [-0.2, -0.15) is 0 Å². The lowest BCUT2D eigenvalue weighted by Gasteiger charge is -2.26. The van der Waals surface area contributed by atoms with E-state index in [2.05, 4.69) is 0 Å². The zero-order valence-electron chi connectivity index (χ0n) is 18.9. The van der Waals surface area contributed by atoms with Crippen molar-refractivity contribution in [2.24, 2.45) is 0 Å². The Balaban J connectivity index is 1.73. The molecule has 9 heteroatoms. The maximum atomic E-state index is 12.8. The van der Waals surface area contributed by atoms with Crippen LogP contribution in [0.25, 0.3) is 0 Å². The maximum absolute atomic E-state index is 12.8. The highest BCUT2D eigenvalue weighted by atomic mass is 32.2. The molecule has 1 aliphatic rings. The molecule has 3 rings (SSSR count). The zero-order chi connectivity index (χ0) is 23.3. The number of hydrogen-bond donors (Lipinski definition) is 0. The summed E-state index contributed by atoms with van der Waals surface area (Å²) in [5.74, 6) is 1.23. The van der Waals surface area contributed by atoms with Crippen LogP contribution >= 0.6 is 12.1 Å². The van der Waals surface area contributed by atoms with Crippen molar-refractivity contribution in [2.75, 3.05) is 31.6 Å². The summed E-state index contributed by atoms with van der Waals surface area (Å²) in [6.45, 7) is 5.94. The lowest BCUT2D eigenvalue weighted by molar-refractivity contribution is -0.141. The molecule has 0 unspecified atom stereocenters. The number of rotatable bonds is 8. The normalized spacial score (nSPS) is 13.5. The monoisotopic (exact) mass is 460 g/mol. The van der Waals surface area contributed by atoms with Crippen molar-refractivity contribution in [1.29, 1.82) is 0 Å². The number of para-hydroxylation sites is 1. The third-order valence-electron chi connectivity index (χ3n) is 4.67. The fourth-order valence-electron chi connectivity index (χ4n) is 3.25. The Labute approximate surface area is 192 Å². The van der Waals surface area contributed by atoms with Crippen molar-refractivity contribution in [1.82, 2.24) is 4.31 Å². The Bertz CT molecular complexity index is 963. The van der Waals surface area contributed by atoms with E-state index in [9.17, 15) is 9.59 Å². The first-order valence-corrected chi connectivity index (χ1v) is 11.0. The van der Waals surface area contributed by atoms with Gasteiger partial charge < -0.3 is 18.9 Å². The maximum Gasteiger partial charge on any atom is 0.426 e. The van der Waals surface area contributed by atoms with E-state index in [0.717, 1.165) is 24.1 Å². The SMILES string of the molecule is CCOC(=O)CN(SN(C)C(=O)Oc1cccc2c1OC(C)(C)C2)c1ccc(OC)cc1. The van der Waals surface area contributed by atoms with Crippen LogP contribution in [0.2, 0.25) is 0 Å². The second-order valence-electron chi connectivity index (χ2n) is 7.77. The van der Waals surface area contributed by atoms with Gasteiger partial charge in [-0.1, -0.05) is 12.1 Å². The number of carbonyl (C=O) groups excluding carboxylic acids is 2. The molecule has 2 aromatic carbocycles. The van der Waals surface area contributed by atoms with Gasteiger partial charge in [0, 0.05) is 24.7 Å². The van der Waals surface area contributed by atoms with Crippen LogP contribution in [0.15, 0.2) is 42.5 Å². The van der Waals surface area contributed by atoms with E-state index in [-0.39, 0.29) is 18.8 Å². The molecule has 0 saturated heterocycles. The molecule has 0 radical (unpaired) electrons. The molecule has 0 N–H and O–H groups in total. The summed E-state index contributed by atoms with van der Waals surface area (Å²) >= 11 is 1.04. The van der Waals surface area contributed by atoms with Gasteiger partial charge in [-0.3, -0.25) is 9.10 Å². The first kappa shape index (κ1) is 23.6. The highest BCUT2D eigenvalue weighted by molar-refractivity contribution is 7.98. The van der Waals surface area contributed by atoms with Crippen LogP contribution in [0.4, 0.5) is 10.5 Å². The van der Waals surface area contributed by atoms with Gasteiger partial charge >= 0.3 is 12.1 Å². The van der Waals surface area contributed by atoms with Crippen molar-refractivity contribution in [2.45, 2.75) is 32.8 Å². The lowest BCUT2D eigenvalue weighted by atomic mass is 10.0. The number of hydrogen-bond acceptors (Lipinski definition) is 8. The standard InChI is InChI=1S/C23H28N2O6S/c1-6-29-20(26)15-25(17-10-12-18(28-5)13-11-17)32-24(4)22(27)30-19-9-7-8-16-14-23(2,3)31-21(16)19/h7-13H,6,14-15H2,1-5H3. The Morgan fingerprint density at radius 2 is 1.88 bits per heavy atom. The van der Waals surface area contributed by atoms with Crippen LogP contribution in [-0.4, -0.2) is 49.3 Å². The van der Waals surface area contributed by atoms with Gasteiger partial charge in [0.05, 0.1) is 25.9 Å². The molecule has 1 heterocycles. The largest absolute Gasteiger partial charge is 0.497 e. The van der Waals surface area contributed by atoms with E-state index >= 15 is 0 Å². The highest BCUT2D eigenvalue weighted by Gasteiger charge is 2.33. The second kappa shape index (κ2) is 10.0. The minimum atomic E-state index is -0.598. The summed E-state index contributed by atoms with van der Waals surface area (Å²) in [5.41, 5.74) is 1.35. The zero-order valence-corrected chi connectivity index (χ0v) is 19.7. The predicted octanol–water partition coefficient (Wildman–Crippen LogP) is 4.47. The average molecular weight is 461 g/mol. The molecule has 0 bridgehead atoms. The summed E-state index contributed by atoms with van der Waals surface area (Å²) in [4.78, 5) is 24.9. The van der Waals surface area contributed by atoms with Crippen LogP contribution in [-0.2, 0) is 16.0 Å². The van der Waals surface area contributed by atoms with Crippen molar-refractivity contribution in [3.8, 4) is 17.2 Å². The summed E-state index contributed by atoms with van der Waals surface area (Å²) < 4.78 is 24.8. The van der Waals surface area contributed by atoms with Crippen LogP contribution in [0, 0.1) is 0 Å². The Morgan fingerprint density at radius 1 is 1.16 bits per heavy atom.